The van der Waals surface area contributed by atoms with Gasteiger partial charge in [-0.1, -0.05) is 13.8 Å². The van der Waals surface area contributed by atoms with E-state index < -0.39 is 0 Å². The van der Waals surface area contributed by atoms with E-state index in [0.29, 0.717) is 5.95 Å². The van der Waals surface area contributed by atoms with E-state index in [-0.39, 0.29) is 6.10 Å². The van der Waals surface area contributed by atoms with Crippen molar-refractivity contribution in [2.45, 2.75) is 39.2 Å². The van der Waals surface area contributed by atoms with E-state index in [9.17, 15) is 0 Å². The molecule has 0 saturated heterocycles. The maximum atomic E-state index is 6.23. The van der Waals surface area contributed by atoms with Gasteiger partial charge in [-0.25, -0.2) is 4.98 Å². The molecule has 1 fully saturated rings. The summed E-state index contributed by atoms with van der Waals surface area (Å²) in [6.45, 7) is 4.62. The van der Waals surface area contributed by atoms with Gasteiger partial charge in [-0.15, -0.1) is 11.3 Å². The highest BCUT2D eigenvalue weighted by Crippen LogP contribution is 2.34. The van der Waals surface area contributed by atoms with E-state index in [2.05, 4.69) is 29.1 Å². The van der Waals surface area contributed by atoms with E-state index in [0.717, 1.165) is 40.8 Å². The van der Waals surface area contributed by atoms with Crippen molar-refractivity contribution in [3.8, 4) is 5.88 Å². The van der Waals surface area contributed by atoms with Gasteiger partial charge in [-0.2, -0.15) is 4.98 Å². The fourth-order valence-electron chi connectivity index (χ4n) is 3.16. The van der Waals surface area contributed by atoms with Crippen LogP contribution in [0.25, 0.3) is 10.2 Å². The predicted molar refractivity (Wildman–Crippen MR) is 83.6 cm³/mol. The van der Waals surface area contributed by atoms with Crippen molar-refractivity contribution in [2.24, 2.45) is 11.8 Å². The highest BCUT2D eigenvalue weighted by molar-refractivity contribution is 7.16. The second kappa shape index (κ2) is 5.56. The Morgan fingerprint density at radius 3 is 2.65 bits per heavy atom. The Morgan fingerprint density at radius 1 is 1.20 bits per heavy atom. The van der Waals surface area contributed by atoms with Gasteiger partial charge in [0.1, 0.15) is 10.9 Å². The first-order valence-electron chi connectivity index (χ1n) is 7.25. The zero-order chi connectivity index (χ0) is 14.1. The second-order valence-electron chi connectivity index (χ2n) is 5.90. The van der Waals surface area contributed by atoms with Gasteiger partial charge in [0.05, 0.1) is 5.39 Å². The van der Waals surface area contributed by atoms with E-state index in [1.807, 2.05) is 18.5 Å². The van der Waals surface area contributed by atoms with Crippen LogP contribution in [0.1, 0.15) is 33.1 Å². The Bertz CT molecular complexity index is 588. The summed E-state index contributed by atoms with van der Waals surface area (Å²) < 4.78 is 6.23. The van der Waals surface area contributed by atoms with Gasteiger partial charge >= 0.3 is 0 Å². The van der Waals surface area contributed by atoms with Crippen molar-refractivity contribution in [1.29, 1.82) is 0 Å². The van der Waals surface area contributed by atoms with E-state index in [1.165, 1.54) is 6.42 Å². The van der Waals surface area contributed by atoms with Crippen molar-refractivity contribution in [3.05, 3.63) is 11.4 Å². The lowest BCUT2D eigenvalue weighted by atomic mass is 9.82. The molecule has 108 valence electrons. The van der Waals surface area contributed by atoms with Gasteiger partial charge < -0.3 is 10.1 Å². The van der Waals surface area contributed by atoms with Crippen molar-refractivity contribution >= 4 is 27.5 Å². The minimum atomic E-state index is 0.274. The van der Waals surface area contributed by atoms with Crippen LogP contribution in [0.5, 0.6) is 5.88 Å². The van der Waals surface area contributed by atoms with Gasteiger partial charge in [0.15, 0.2) is 0 Å². The molecule has 2 aromatic heterocycles. The third-order valence-electron chi connectivity index (χ3n) is 3.93. The molecule has 0 amide bonds. The first kappa shape index (κ1) is 13.6. The summed E-state index contributed by atoms with van der Waals surface area (Å²) in [4.78, 5) is 9.93. The average molecular weight is 291 g/mol. The van der Waals surface area contributed by atoms with Gasteiger partial charge in [0.25, 0.3) is 0 Å². The minimum absolute atomic E-state index is 0.274. The Labute approximate surface area is 123 Å². The minimum Gasteiger partial charge on any atom is -0.474 e. The number of anilines is 1. The zero-order valence-electron chi connectivity index (χ0n) is 12.2. The van der Waals surface area contributed by atoms with Gasteiger partial charge in [-0.3, -0.25) is 0 Å². The molecule has 1 aliphatic rings. The average Bonchev–Trinajstić information content (AvgIpc) is 2.85. The Kier molecular flexibility index (Phi) is 3.78. The van der Waals surface area contributed by atoms with Crippen molar-refractivity contribution in [1.82, 2.24) is 9.97 Å². The van der Waals surface area contributed by atoms with Crippen LogP contribution in [0, 0.1) is 11.8 Å². The van der Waals surface area contributed by atoms with Crippen LogP contribution in [0.15, 0.2) is 11.4 Å². The summed E-state index contributed by atoms with van der Waals surface area (Å²) in [5.41, 5.74) is 0. The van der Waals surface area contributed by atoms with Crippen LogP contribution in [-0.4, -0.2) is 23.1 Å². The molecule has 3 rings (SSSR count). The fourth-order valence-corrected chi connectivity index (χ4v) is 3.91. The van der Waals surface area contributed by atoms with Crippen molar-refractivity contribution < 1.29 is 4.74 Å². The molecular weight excluding hydrogens is 270 g/mol. The lowest BCUT2D eigenvalue weighted by Crippen LogP contribution is -2.28. The fraction of sp³-hybridized carbons (Fsp3) is 0.600. The molecule has 0 bridgehead atoms. The van der Waals surface area contributed by atoms with Crippen molar-refractivity contribution in [2.75, 3.05) is 12.4 Å². The van der Waals surface area contributed by atoms with Crippen molar-refractivity contribution in [3.63, 3.8) is 0 Å². The van der Waals surface area contributed by atoms with E-state index >= 15 is 0 Å². The summed E-state index contributed by atoms with van der Waals surface area (Å²) in [7, 11) is 1.84. The number of ether oxygens (including phenoxy) is 1. The molecule has 0 aromatic carbocycles. The molecule has 1 saturated carbocycles. The van der Waals surface area contributed by atoms with Crippen LogP contribution >= 0.6 is 11.3 Å². The lowest BCUT2D eigenvalue weighted by molar-refractivity contribution is 0.0983. The molecule has 4 nitrogen and oxygen atoms in total. The van der Waals surface area contributed by atoms with E-state index in [4.69, 9.17) is 4.74 Å². The Hall–Kier alpha value is -1.36. The number of hydrogen-bond acceptors (Lipinski definition) is 5. The summed E-state index contributed by atoms with van der Waals surface area (Å²) in [5, 5.41) is 6.08. The van der Waals surface area contributed by atoms with Crippen LogP contribution in [-0.2, 0) is 0 Å². The smallest absolute Gasteiger partial charge is 0.227 e. The molecule has 1 aliphatic carbocycles. The number of nitrogens with zero attached hydrogens (tertiary/aromatic N) is 2. The third-order valence-corrected chi connectivity index (χ3v) is 4.73. The number of aromatic nitrogens is 2. The lowest BCUT2D eigenvalue weighted by Gasteiger charge is -2.31. The molecule has 2 heterocycles. The second-order valence-corrected chi connectivity index (χ2v) is 6.79. The maximum Gasteiger partial charge on any atom is 0.227 e. The number of fused-ring (bicyclic) bond motifs is 1. The van der Waals surface area contributed by atoms with Crippen LogP contribution in [0.2, 0.25) is 0 Å². The van der Waals surface area contributed by atoms with Gasteiger partial charge in [0.2, 0.25) is 11.8 Å². The van der Waals surface area contributed by atoms with Crippen LogP contribution < -0.4 is 10.1 Å². The topological polar surface area (TPSA) is 47.0 Å². The standard InChI is InChI=1S/C15H21N3OS/c1-9-6-10(2)8-11(7-9)19-13-12-4-5-20-14(12)18-15(16-3)17-13/h4-5,9-11H,6-8H2,1-3H3,(H,16,17,18). The first-order chi connectivity index (χ1) is 9.65. The quantitative estimate of drug-likeness (QED) is 0.930. The highest BCUT2D eigenvalue weighted by Gasteiger charge is 2.26. The molecule has 5 heteroatoms. The SMILES string of the molecule is CNc1nc(OC2CC(C)CC(C)C2)c2ccsc2n1. The maximum absolute atomic E-state index is 6.23. The summed E-state index contributed by atoms with van der Waals surface area (Å²) in [5.74, 6) is 2.82. The van der Waals surface area contributed by atoms with Gasteiger partial charge in [0, 0.05) is 7.05 Å². The monoisotopic (exact) mass is 291 g/mol. The third kappa shape index (κ3) is 2.73. The molecule has 0 aliphatic heterocycles. The first-order valence-corrected chi connectivity index (χ1v) is 8.13. The summed E-state index contributed by atoms with van der Waals surface area (Å²) in [6.07, 6.45) is 3.82. The Balaban J connectivity index is 1.87. The number of thiophene rings is 1. The molecule has 20 heavy (non-hydrogen) atoms. The molecule has 0 spiro atoms. The highest BCUT2D eigenvalue weighted by atomic mass is 32.1. The van der Waals surface area contributed by atoms with Crippen LogP contribution in [0.4, 0.5) is 5.95 Å². The number of nitrogens with one attached hydrogen (secondary N) is 1. The zero-order valence-corrected chi connectivity index (χ0v) is 13.0. The molecule has 2 aromatic rings. The molecule has 0 radical (unpaired) electrons. The van der Waals surface area contributed by atoms with E-state index in [1.54, 1.807) is 11.3 Å². The Morgan fingerprint density at radius 2 is 1.95 bits per heavy atom. The largest absolute Gasteiger partial charge is 0.474 e. The molecular formula is C15H21N3OS. The number of hydrogen-bond donors (Lipinski definition) is 1. The molecule has 1 N–H and O–H groups in total. The molecule has 2 unspecified atom stereocenters. The summed E-state index contributed by atoms with van der Waals surface area (Å²) >= 11 is 1.62. The normalized spacial score (nSPS) is 26.6. The summed E-state index contributed by atoms with van der Waals surface area (Å²) in [6, 6.07) is 2.05. The molecule has 2 atom stereocenters. The van der Waals surface area contributed by atoms with Gasteiger partial charge in [-0.05, 0) is 42.5 Å². The number of rotatable bonds is 3. The predicted octanol–water partition coefficient (Wildman–Crippen LogP) is 3.94. The van der Waals surface area contributed by atoms with Crippen LogP contribution in [0.3, 0.4) is 0 Å².